The molecule has 0 fully saturated rings. The molecule has 5 aromatic carbocycles. The Bertz CT molecular complexity index is 2330. The predicted octanol–water partition coefficient (Wildman–Crippen LogP) is 16.4. The average Bonchev–Trinajstić information content (AvgIpc) is 3.65. The van der Waals surface area contributed by atoms with E-state index < -0.39 is 0 Å². The van der Waals surface area contributed by atoms with E-state index in [0.717, 1.165) is 11.1 Å². The molecule has 1 aliphatic rings. The zero-order valence-corrected chi connectivity index (χ0v) is 38.2. The molecule has 0 N–H and O–H groups in total. The van der Waals surface area contributed by atoms with Crippen LogP contribution in [0, 0.1) is 15.4 Å². The van der Waals surface area contributed by atoms with Gasteiger partial charge in [0.25, 0.3) is 0 Å². The largest absolute Gasteiger partial charge is 0.309 e. The highest BCUT2D eigenvalue weighted by Gasteiger charge is 2.42. The highest BCUT2D eigenvalue weighted by atomic mass is 127. The molecule has 7 rings (SSSR count). The maximum absolute atomic E-state index is 3.63. The third-order valence-corrected chi connectivity index (χ3v) is 13.4. The molecule has 1 nitrogen and oxygen atoms in total. The summed E-state index contributed by atoms with van der Waals surface area (Å²) in [6.07, 6.45) is 15.6. The summed E-state index contributed by atoms with van der Waals surface area (Å²) < 4.78 is 3.78. The summed E-state index contributed by atoms with van der Waals surface area (Å²) in [5.74, 6) is 7.21. The van der Waals surface area contributed by atoms with Gasteiger partial charge in [0, 0.05) is 36.6 Å². The summed E-state index contributed by atoms with van der Waals surface area (Å²) in [5, 5.41) is 2.64. The van der Waals surface area contributed by atoms with Crippen LogP contribution in [-0.4, -0.2) is 4.57 Å². The minimum absolute atomic E-state index is 0.0627. The summed E-state index contributed by atoms with van der Waals surface area (Å²) in [7, 11) is 0. The lowest BCUT2D eigenvalue weighted by Gasteiger charge is -2.33. The van der Waals surface area contributed by atoms with E-state index in [9.17, 15) is 0 Å². The van der Waals surface area contributed by atoms with Crippen molar-refractivity contribution in [2.24, 2.45) is 0 Å². The van der Waals surface area contributed by atoms with Crippen molar-refractivity contribution in [3.8, 4) is 28.7 Å². The number of unbranched alkanes of at least 4 members (excludes halogenated alkanes) is 8. The molecular formula is C55H64IN. The number of fused-ring (bicyclic) bond motifs is 6. The van der Waals surface area contributed by atoms with E-state index in [1.54, 1.807) is 5.56 Å². The maximum Gasteiger partial charge on any atom is 0.0541 e. The molecule has 0 unspecified atom stereocenters. The van der Waals surface area contributed by atoms with Gasteiger partial charge in [-0.3, -0.25) is 0 Å². The van der Waals surface area contributed by atoms with Crippen LogP contribution in [0.4, 0.5) is 0 Å². The molecule has 0 atom stereocenters. The Labute approximate surface area is 358 Å². The van der Waals surface area contributed by atoms with Crippen LogP contribution in [0.5, 0.6) is 0 Å². The van der Waals surface area contributed by atoms with E-state index in [1.165, 1.54) is 136 Å². The Kier molecular flexibility index (Phi) is 12.5. The molecule has 0 amide bonds. The summed E-state index contributed by atoms with van der Waals surface area (Å²) in [6.45, 7) is 18.5. The van der Waals surface area contributed by atoms with Gasteiger partial charge in [-0.1, -0.05) is 156 Å². The fourth-order valence-electron chi connectivity index (χ4n) is 9.34. The second-order valence-electron chi connectivity index (χ2n) is 19.0. The topological polar surface area (TPSA) is 4.93 Å². The van der Waals surface area contributed by atoms with Gasteiger partial charge in [0.15, 0.2) is 0 Å². The molecule has 0 spiro atoms. The van der Waals surface area contributed by atoms with Crippen molar-refractivity contribution in [2.75, 3.05) is 0 Å². The molecule has 296 valence electrons. The first-order valence-electron chi connectivity index (χ1n) is 22.0. The molecular weight excluding hydrogens is 802 g/mol. The highest BCUT2D eigenvalue weighted by molar-refractivity contribution is 14.1. The molecule has 0 aliphatic heterocycles. The van der Waals surface area contributed by atoms with Crippen molar-refractivity contribution in [2.45, 2.75) is 149 Å². The van der Waals surface area contributed by atoms with Crippen molar-refractivity contribution in [1.82, 2.24) is 4.57 Å². The van der Waals surface area contributed by atoms with Crippen molar-refractivity contribution in [3.05, 3.63) is 134 Å². The third-order valence-electron chi connectivity index (χ3n) is 12.7. The second kappa shape index (κ2) is 17.2. The van der Waals surface area contributed by atoms with Crippen LogP contribution in [0.15, 0.2) is 97.1 Å². The van der Waals surface area contributed by atoms with Gasteiger partial charge < -0.3 is 4.57 Å². The van der Waals surface area contributed by atoms with Crippen LogP contribution in [0.1, 0.15) is 166 Å². The van der Waals surface area contributed by atoms with E-state index in [2.05, 4.69) is 191 Å². The summed E-state index contributed by atoms with van der Waals surface area (Å²) in [4.78, 5) is 0. The van der Waals surface area contributed by atoms with Crippen LogP contribution < -0.4 is 0 Å². The Morgan fingerprint density at radius 2 is 0.982 bits per heavy atom. The van der Waals surface area contributed by atoms with Crippen molar-refractivity contribution in [1.29, 1.82) is 0 Å². The first kappa shape index (κ1) is 41.4. The fourth-order valence-corrected chi connectivity index (χ4v) is 9.83. The van der Waals surface area contributed by atoms with Gasteiger partial charge in [-0.15, -0.1) is 0 Å². The Morgan fingerprint density at radius 3 is 1.51 bits per heavy atom. The highest BCUT2D eigenvalue weighted by Crippen LogP contribution is 2.55. The number of aromatic nitrogens is 1. The van der Waals surface area contributed by atoms with Crippen LogP contribution >= 0.6 is 22.6 Å². The smallest absolute Gasteiger partial charge is 0.0541 e. The first-order valence-corrected chi connectivity index (χ1v) is 23.1. The zero-order valence-electron chi connectivity index (χ0n) is 36.0. The summed E-state index contributed by atoms with van der Waals surface area (Å²) >= 11 is 2.53. The SMILES string of the molecule is CCCCCCCC1(CCCCCCC)c2cc(I)ccc2-c2ccc(C#Cc3ccc(-n4c5ccc(C(C)(C)C)cc5c5cc(C(C)(C)C)ccc54)cc3)cc21. The van der Waals surface area contributed by atoms with Crippen molar-refractivity contribution in [3.63, 3.8) is 0 Å². The normalized spacial score (nSPS) is 13.5. The molecule has 2 heteroatoms. The van der Waals surface area contributed by atoms with Gasteiger partial charge in [0.05, 0.1) is 11.0 Å². The average molecular weight is 866 g/mol. The first-order chi connectivity index (χ1) is 27.3. The molecule has 0 saturated carbocycles. The summed E-state index contributed by atoms with van der Waals surface area (Å²) in [5.41, 5.74) is 14.7. The molecule has 6 aromatic rings. The van der Waals surface area contributed by atoms with E-state index in [4.69, 9.17) is 0 Å². The van der Waals surface area contributed by atoms with Crippen LogP contribution in [0.25, 0.3) is 38.6 Å². The number of benzene rings is 5. The van der Waals surface area contributed by atoms with E-state index >= 15 is 0 Å². The van der Waals surface area contributed by atoms with Gasteiger partial charge in [-0.25, -0.2) is 0 Å². The molecule has 0 bridgehead atoms. The number of hydrogen-bond donors (Lipinski definition) is 0. The standard InChI is InChI=1S/C55H64IN/c1-9-11-13-15-17-33-55(34-18-16-14-12-10-2)49-35-40(23-29-45(49)46-30-26-43(56)38-50(46)55)20-19-39-21-27-44(28-22-39)57-51-31-24-41(53(3,4)5)36-47(51)48-37-42(54(6,7)8)25-32-52(48)57/h21-32,35-38H,9-18,33-34H2,1-8H3. The van der Waals surface area contributed by atoms with E-state index in [0.29, 0.717) is 0 Å². The van der Waals surface area contributed by atoms with Crippen molar-refractivity contribution >= 4 is 44.4 Å². The number of hydrogen-bond acceptors (Lipinski definition) is 0. The minimum Gasteiger partial charge on any atom is -0.309 e. The van der Waals surface area contributed by atoms with Crippen molar-refractivity contribution < 1.29 is 0 Å². The van der Waals surface area contributed by atoms with Gasteiger partial charge in [-0.05, 0) is 152 Å². The Balaban J connectivity index is 1.23. The van der Waals surface area contributed by atoms with Gasteiger partial charge in [0.2, 0.25) is 0 Å². The monoisotopic (exact) mass is 865 g/mol. The molecule has 1 aliphatic carbocycles. The lowest BCUT2D eigenvalue weighted by molar-refractivity contribution is 0.398. The molecule has 57 heavy (non-hydrogen) atoms. The van der Waals surface area contributed by atoms with E-state index in [-0.39, 0.29) is 16.2 Å². The second-order valence-corrected chi connectivity index (χ2v) is 20.2. The van der Waals surface area contributed by atoms with Crippen LogP contribution in [0.2, 0.25) is 0 Å². The zero-order chi connectivity index (χ0) is 40.4. The van der Waals surface area contributed by atoms with Gasteiger partial charge >= 0.3 is 0 Å². The lowest BCUT2D eigenvalue weighted by atomic mass is 9.70. The molecule has 1 heterocycles. The predicted molar refractivity (Wildman–Crippen MR) is 256 cm³/mol. The number of halogens is 1. The number of nitrogens with zero attached hydrogens (tertiary/aromatic N) is 1. The lowest BCUT2D eigenvalue weighted by Crippen LogP contribution is -2.26. The molecule has 0 saturated heterocycles. The van der Waals surface area contributed by atoms with E-state index in [1.807, 2.05) is 0 Å². The third kappa shape index (κ3) is 8.66. The van der Waals surface area contributed by atoms with Crippen LogP contribution in [-0.2, 0) is 16.2 Å². The number of rotatable bonds is 13. The van der Waals surface area contributed by atoms with Gasteiger partial charge in [-0.2, -0.15) is 0 Å². The molecule has 0 radical (unpaired) electrons. The van der Waals surface area contributed by atoms with Crippen LogP contribution in [0.3, 0.4) is 0 Å². The minimum atomic E-state index is 0.0627. The molecule has 1 aromatic heterocycles. The Hall–Kier alpha value is -3.81. The summed E-state index contributed by atoms with van der Waals surface area (Å²) in [6, 6.07) is 37.3. The quantitative estimate of drug-likeness (QED) is 0.0619. The van der Waals surface area contributed by atoms with Gasteiger partial charge in [0.1, 0.15) is 0 Å². The Morgan fingerprint density at radius 1 is 0.509 bits per heavy atom. The fraction of sp³-hybridized carbons (Fsp3) is 0.418. The maximum atomic E-state index is 3.63.